The number of benzene rings is 1. The Hall–Kier alpha value is -1.63. The van der Waals surface area contributed by atoms with Crippen LogP contribution in [0.5, 0.6) is 0 Å². The van der Waals surface area contributed by atoms with E-state index in [2.05, 4.69) is 15.8 Å². The number of thiocarbonyl (C=S) groups is 1. The van der Waals surface area contributed by atoms with Crippen molar-refractivity contribution in [2.75, 3.05) is 0 Å². The van der Waals surface area contributed by atoms with E-state index < -0.39 is 11.7 Å². The summed E-state index contributed by atoms with van der Waals surface area (Å²) in [7, 11) is 0. The molecule has 2 rings (SSSR count). The maximum absolute atomic E-state index is 12.4. The lowest BCUT2D eigenvalue weighted by Gasteiger charge is -2.23. The van der Waals surface area contributed by atoms with Gasteiger partial charge in [0.15, 0.2) is 5.11 Å². The molecule has 22 heavy (non-hydrogen) atoms. The van der Waals surface area contributed by atoms with Crippen molar-refractivity contribution in [3.63, 3.8) is 0 Å². The Balaban J connectivity index is 1.80. The van der Waals surface area contributed by atoms with E-state index in [0.29, 0.717) is 16.7 Å². The molecule has 0 spiro atoms. The number of nitrogens with zero attached hydrogens (tertiary/aromatic N) is 1. The minimum absolute atomic E-state index is 0.384. The van der Waals surface area contributed by atoms with E-state index in [9.17, 15) is 13.2 Å². The first-order valence-corrected chi connectivity index (χ1v) is 7.63. The van der Waals surface area contributed by atoms with Crippen molar-refractivity contribution in [2.24, 2.45) is 5.10 Å². The second kappa shape index (κ2) is 7.58. The second-order valence-corrected chi connectivity index (χ2v) is 5.71. The number of nitrogens with one attached hydrogen (secondary N) is 2. The lowest BCUT2D eigenvalue weighted by Crippen LogP contribution is -2.40. The van der Waals surface area contributed by atoms with Gasteiger partial charge in [-0.3, -0.25) is 5.43 Å². The molecule has 7 heteroatoms. The van der Waals surface area contributed by atoms with Crippen LogP contribution in [0.2, 0.25) is 0 Å². The number of hydrazone groups is 1. The van der Waals surface area contributed by atoms with Crippen molar-refractivity contribution < 1.29 is 13.2 Å². The van der Waals surface area contributed by atoms with Crippen LogP contribution in [0.15, 0.2) is 29.4 Å². The normalized spacial score (nSPS) is 16.7. The summed E-state index contributed by atoms with van der Waals surface area (Å²) in [4.78, 5) is 0. The molecule has 0 atom stereocenters. The zero-order valence-electron chi connectivity index (χ0n) is 12.0. The summed E-state index contributed by atoms with van der Waals surface area (Å²) in [5.41, 5.74) is 2.59. The van der Waals surface area contributed by atoms with Crippen molar-refractivity contribution in [3.05, 3.63) is 35.4 Å². The summed E-state index contributed by atoms with van der Waals surface area (Å²) in [6.45, 7) is 0. The molecule has 2 N–H and O–H groups in total. The second-order valence-electron chi connectivity index (χ2n) is 5.30. The van der Waals surface area contributed by atoms with E-state index in [4.69, 9.17) is 12.2 Å². The van der Waals surface area contributed by atoms with Crippen LogP contribution in [0.4, 0.5) is 13.2 Å². The van der Waals surface area contributed by atoms with Gasteiger partial charge in [-0.15, -0.1) is 0 Å². The van der Waals surface area contributed by atoms with Crippen molar-refractivity contribution in [2.45, 2.75) is 44.3 Å². The minimum atomic E-state index is -4.32. The third-order valence-electron chi connectivity index (χ3n) is 3.56. The smallest absolute Gasteiger partial charge is 0.359 e. The Morgan fingerprint density at radius 3 is 2.36 bits per heavy atom. The predicted molar refractivity (Wildman–Crippen MR) is 84.8 cm³/mol. The fourth-order valence-electron chi connectivity index (χ4n) is 2.39. The number of halogens is 3. The molecule has 1 fully saturated rings. The fraction of sp³-hybridized carbons (Fsp3) is 0.467. The van der Waals surface area contributed by atoms with Crippen LogP contribution in [0.1, 0.15) is 43.2 Å². The number of hydrogen-bond acceptors (Lipinski definition) is 2. The molecule has 3 nitrogen and oxygen atoms in total. The van der Waals surface area contributed by atoms with Crippen molar-refractivity contribution in [1.29, 1.82) is 0 Å². The minimum Gasteiger partial charge on any atom is -0.359 e. The summed E-state index contributed by atoms with van der Waals surface area (Å²) >= 11 is 5.14. The van der Waals surface area contributed by atoms with E-state index in [-0.39, 0.29) is 0 Å². The highest BCUT2D eigenvalue weighted by Gasteiger charge is 2.29. The van der Waals surface area contributed by atoms with Crippen LogP contribution in [0.3, 0.4) is 0 Å². The fourth-order valence-corrected chi connectivity index (χ4v) is 2.61. The van der Waals surface area contributed by atoms with Gasteiger partial charge in [0.05, 0.1) is 11.8 Å². The first-order valence-electron chi connectivity index (χ1n) is 7.22. The van der Waals surface area contributed by atoms with Crippen molar-refractivity contribution >= 4 is 23.5 Å². The highest BCUT2D eigenvalue weighted by atomic mass is 32.1. The van der Waals surface area contributed by atoms with Crippen LogP contribution in [0.25, 0.3) is 0 Å². The highest BCUT2D eigenvalue weighted by Crippen LogP contribution is 2.28. The van der Waals surface area contributed by atoms with Gasteiger partial charge >= 0.3 is 6.18 Å². The van der Waals surface area contributed by atoms with Crippen LogP contribution in [-0.4, -0.2) is 17.4 Å². The average Bonchev–Trinajstić information content (AvgIpc) is 2.48. The molecular formula is C15H18F3N3S. The largest absolute Gasteiger partial charge is 0.416 e. The van der Waals surface area contributed by atoms with Crippen LogP contribution >= 0.6 is 12.2 Å². The Morgan fingerprint density at radius 1 is 1.14 bits per heavy atom. The van der Waals surface area contributed by atoms with Crippen LogP contribution < -0.4 is 10.7 Å². The summed E-state index contributed by atoms with van der Waals surface area (Å²) in [5.74, 6) is 0. The molecule has 0 heterocycles. The molecule has 0 bridgehead atoms. The topological polar surface area (TPSA) is 36.4 Å². The lowest BCUT2D eigenvalue weighted by atomic mass is 9.96. The number of hydrogen-bond donors (Lipinski definition) is 2. The van der Waals surface area contributed by atoms with Crippen molar-refractivity contribution in [3.8, 4) is 0 Å². The van der Waals surface area contributed by atoms with Gasteiger partial charge < -0.3 is 5.32 Å². The van der Waals surface area contributed by atoms with E-state index in [0.717, 1.165) is 25.0 Å². The van der Waals surface area contributed by atoms with Gasteiger partial charge in [-0.25, -0.2) is 0 Å². The monoisotopic (exact) mass is 329 g/mol. The van der Waals surface area contributed by atoms with E-state index in [1.54, 1.807) is 0 Å². The molecule has 1 aromatic carbocycles. The highest BCUT2D eigenvalue weighted by molar-refractivity contribution is 7.80. The average molecular weight is 329 g/mol. The van der Waals surface area contributed by atoms with Crippen molar-refractivity contribution in [1.82, 2.24) is 10.7 Å². The molecule has 0 radical (unpaired) electrons. The van der Waals surface area contributed by atoms with Crippen LogP contribution in [-0.2, 0) is 6.18 Å². The molecular weight excluding hydrogens is 311 g/mol. The number of rotatable bonds is 3. The Labute approximate surface area is 133 Å². The summed E-state index contributed by atoms with van der Waals surface area (Å²) < 4.78 is 37.3. The number of alkyl halides is 3. The summed E-state index contributed by atoms with van der Waals surface area (Å²) in [5, 5.41) is 7.57. The zero-order valence-corrected chi connectivity index (χ0v) is 12.8. The molecule has 0 aliphatic heterocycles. The van der Waals surface area contributed by atoms with E-state index in [1.165, 1.54) is 37.6 Å². The molecule has 0 aromatic heterocycles. The van der Waals surface area contributed by atoms with E-state index in [1.807, 2.05) is 0 Å². The van der Waals surface area contributed by atoms with Gasteiger partial charge in [0.2, 0.25) is 0 Å². The quantitative estimate of drug-likeness (QED) is 0.503. The summed E-state index contributed by atoms with van der Waals surface area (Å²) in [6, 6.07) is 5.17. The van der Waals surface area contributed by atoms with E-state index >= 15 is 0 Å². The molecule has 1 aliphatic carbocycles. The SMILES string of the molecule is FC(F)(F)c1ccc(C=NNC(=S)NC2CCCCC2)cc1. The Kier molecular flexibility index (Phi) is 5.76. The van der Waals surface area contributed by atoms with Gasteiger partial charge in [0.1, 0.15) is 0 Å². The third kappa shape index (κ3) is 5.29. The Morgan fingerprint density at radius 2 is 1.77 bits per heavy atom. The standard InChI is InChI=1S/C15H18F3N3S/c16-15(17,18)12-8-6-11(7-9-12)10-19-21-14(22)20-13-4-2-1-3-5-13/h6-10,13H,1-5H2,(H2,20,21,22). The van der Waals surface area contributed by atoms with Gasteiger partial charge in [0.25, 0.3) is 0 Å². The molecule has 1 saturated carbocycles. The first-order chi connectivity index (χ1) is 10.4. The van der Waals surface area contributed by atoms with Gasteiger partial charge in [0, 0.05) is 6.04 Å². The summed E-state index contributed by atoms with van der Waals surface area (Å²) in [6.07, 6.45) is 3.00. The molecule has 1 aliphatic rings. The van der Waals surface area contributed by atoms with Gasteiger partial charge in [-0.2, -0.15) is 18.3 Å². The maximum atomic E-state index is 12.4. The molecule has 0 unspecified atom stereocenters. The third-order valence-corrected chi connectivity index (χ3v) is 3.77. The predicted octanol–water partition coefficient (Wildman–Crippen LogP) is 3.84. The zero-order chi connectivity index (χ0) is 16.0. The molecule has 120 valence electrons. The lowest BCUT2D eigenvalue weighted by molar-refractivity contribution is -0.137. The molecule has 0 amide bonds. The molecule has 0 saturated heterocycles. The first kappa shape index (κ1) is 16.7. The van der Waals surface area contributed by atoms with Gasteiger partial charge in [-0.05, 0) is 42.8 Å². The maximum Gasteiger partial charge on any atom is 0.416 e. The molecule has 1 aromatic rings. The van der Waals surface area contributed by atoms with Crippen LogP contribution in [0, 0.1) is 0 Å². The van der Waals surface area contributed by atoms with Gasteiger partial charge in [-0.1, -0.05) is 31.4 Å². The Bertz CT molecular complexity index is 520.